The molecule has 90 valence electrons. The Labute approximate surface area is 95.2 Å². The van der Waals surface area contributed by atoms with Crippen molar-refractivity contribution in [2.45, 2.75) is 46.6 Å². The van der Waals surface area contributed by atoms with E-state index < -0.39 is 0 Å². The lowest BCUT2D eigenvalue weighted by atomic mass is 9.85. The van der Waals surface area contributed by atoms with Crippen molar-refractivity contribution in [1.29, 1.82) is 0 Å². The van der Waals surface area contributed by atoms with E-state index in [1.54, 1.807) is 0 Å². The van der Waals surface area contributed by atoms with E-state index in [1.807, 2.05) is 0 Å². The van der Waals surface area contributed by atoms with Crippen LogP contribution in [0.5, 0.6) is 0 Å². The first-order valence-electron chi connectivity index (χ1n) is 6.52. The van der Waals surface area contributed by atoms with Gasteiger partial charge in [0.15, 0.2) is 0 Å². The van der Waals surface area contributed by atoms with Gasteiger partial charge in [0.1, 0.15) is 0 Å². The Morgan fingerprint density at radius 3 is 2.53 bits per heavy atom. The van der Waals surface area contributed by atoms with Crippen molar-refractivity contribution in [3.05, 3.63) is 0 Å². The predicted molar refractivity (Wildman–Crippen MR) is 66.8 cm³/mol. The second-order valence-corrected chi connectivity index (χ2v) is 5.52. The van der Waals surface area contributed by atoms with E-state index in [0.29, 0.717) is 5.92 Å². The fourth-order valence-corrected chi connectivity index (χ4v) is 2.78. The van der Waals surface area contributed by atoms with E-state index in [4.69, 9.17) is 5.73 Å². The molecular formula is C13H28N2. The lowest BCUT2D eigenvalue weighted by Crippen LogP contribution is -2.48. The van der Waals surface area contributed by atoms with Gasteiger partial charge in [-0.05, 0) is 37.6 Å². The number of nitrogens with zero attached hydrogens (tertiary/aromatic N) is 1. The SMILES string of the molecule is CCC(CN)CN1CC(C)CC(C)C1C. The number of likely N-dealkylation sites (tertiary alicyclic amines) is 1. The predicted octanol–water partition coefficient (Wildman–Crippen LogP) is 2.34. The molecule has 0 spiro atoms. The molecule has 1 saturated heterocycles. The Hall–Kier alpha value is -0.0800. The van der Waals surface area contributed by atoms with Gasteiger partial charge >= 0.3 is 0 Å². The van der Waals surface area contributed by atoms with Crippen molar-refractivity contribution in [3.63, 3.8) is 0 Å². The molecular weight excluding hydrogens is 184 g/mol. The van der Waals surface area contributed by atoms with Crippen molar-refractivity contribution < 1.29 is 0 Å². The Bertz CT molecular complexity index is 177. The molecule has 4 unspecified atom stereocenters. The zero-order valence-electron chi connectivity index (χ0n) is 10.9. The molecule has 0 amide bonds. The summed E-state index contributed by atoms with van der Waals surface area (Å²) in [6.45, 7) is 12.7. The van der Waals surface area contributed by atoms with Gasteiger partial charge in [-0.2, -0.15) is 0 Å². The molecule has 1 rings (SSSR count). The topological polar surface area (TPSA) is 29.3 Å². The van der Waals surface area contributed by atoms with E-state index in [1.165, 1.54) is 25.9 Å². The minimum Gasteiger partial charge on any atom is -0.330 e. The van der Waals surface area contributed by atoms with Gasteiger partial charge < -0.3 is 5.73 Å². The highest BCUT2D eigenvalue weighted by Crippen LogP contribution is 2.27. The number of rotatable bonds is 4. The standard InChI is InChI=1S/C13H28N2/c1-5-13(7-14)9-15-8-10(2)6-11(3)12(15)4/h10-13H,5-9,14H2,1-4H3. The second kappa shape index (κ2) is 5.86. The summed E-state index contributed by atoms with van der Waals surface area (Å²) in [6.07, 6.45) is 2.60. The zero-order valence-corrected chi connectivity index (χ0v) is 10.9. The smallest absolute Gasteiger partial charge is 0.00929 e. The first kappa shape index (κ1) is 13.0. The molecule has 0 saturated carbocycles. The van der Waals surface area contributed by atoms with Crippen LogP contribution in [0.3, 0.4) is 0 Å². The summed E-state index contributed by atoms with van der Waals surface area (Å²) in [5.74, 6) is 2.38. The van der Waals surface area contributed by atoms with Crippen LogP contribution >= 0.6 is 0 Å². The normalized spacial score (nSPS) is 35.4. The number of nitrogens with two attached hydrogens (primary N) is 1. The van der Waals surface area contributed by atoms with Gasteiger partial charge in [0, 0.05) is 19.1 Å². The van der Waals surface area contributed by atoms with Crippen molar-refractivity contribution in [3.8, 4) is 0 Å². The summed E-state index contributed by atoms with van der Waals surface area (Å²) in [5.41, 5.74) is 5.79. The minimum atomic E-state index is 0.685. The molecule has 0 aromatic carbocycles. The van der Waals surface area contributed by atoms with Gasteiger partial charge in [-0.3, -0.25) is 4.90 Å². The number of hydrogen-bond donors (Lipinski definition) is 1. The third-order valence-corrected chi connectivity index (χ3v) is 4.12. The zero-order chi connectivity index (χ0) is 11.4. The number of hydrogen-bond acceptors (Lipinski definition) is 2. The average Bonchev–Trinajstić information content (AvgIpc) is 2.21. The maximum atomic E-state index is 5.79. The average molecular weight is 212 g/mol. The molecule has 0 aliphatic carbocycles. The number of piperidine rings is 1. The second-order valence-electron chi connectivity index (χ2n) is 5.52. The Morgan fingerprint density at radius 1 is 1.33 bits per heavy atom. The van der Waals surface area contributed by atoms with Crippen LogP contribution in [0.4, 0.5) is 0 Å². The van der Waals surface area contributed by atoms with E-state index in [9.17, 15) is 0 Å². The van der Waals surface area contributed by atoms with E-state index in [-0.39, 0.29) is 0 Å². The Kier molecular flexibility index (Phi) is 5.07. The minimum absolute atomic E-state index is 0.685. The third-order valence-electron chi connectivity index (χ3n) is 4.12. The van der Waals surface area contributed by atoms with Gasteiger partial charge in [-0.15, -0.1) is 0 Å². The van der Waals surface area contributed by atoms with E-state index in [0.717, 1.165) is 24.4 Å². The Morgan fingerprint density at radius 2 is 2.00 bits per heavy atom. The first-order chi connectivity index (χ1) is 7.08. The van der Waals surface area contributed by atoms with Crippen molar-refractivity contribution in [1.82, 2.24) is 4.90 Å². The van der Waals surface area contributed by atoms with Gasteiger partial charge in [0.05, 0.1) is 0 Å². The molecule has 15 heavy (non-hydrogen) atoms. The van der Waals surface area contributed by atoms with Crippen LogP contribution in [0.25, 0.3) is 0 Å². The van der Waals surface area contributed by atoms with Crippen molar-refractivity contribution >= 4 is 0 Å². The molecule has 0 bridgehead atoms. The van der Waals surface area contributed by atoms with Crippen LogP contribution in [0.15, 0.2) is 0 Å². The van der Waals surface area contributed by atoms with E-state index in [2.05, 4.69) is 32.6 Å². The molecule has 2 N–H and O–H groups in total. The maximum Gasteiger partial charge on any atom is 0.00929 e. The van der Waals surface area contributed by atoms with Gasteiger partial charge in [0.2, 0.25) is 0 Å². The molecule has 0 radical (unpaired) electrons. The lowest BCUT2D eigenvalue weighted by molar-refractivity contribution is 0.0651. The van der Waals surface area contributed by atoms with Crippen LogP contribution in [0, 0.1) is 17.8 Å². The molecule has 1 aliphatic rings. The maximum absolute atomic E-state index is 5.79. The van der Waals surface area contributed by atoms with Crippen LogP contribution in [0.2, 0.25) is 0 Å². The summed E-state index contributed by atoms with van der Waals surface area (Å²) in [6, 6.07) is 0.738. The highest BCUT2D eigenvalue weighted by atomic mass is 15.2. The highest BCUT2D eigenvalue weighted by molar-refractivity contribution is 4.83. The first-order valence-corrected chi connectivity index (χ1v) is 6.52. The summed E-state index contributed by atoms with van der Waals surface area (Å²) in [5, 5.41) is 0. The fraction of sp³-hybridized carbons (Fsp3) is 1.00. The summed E-state index contributed by atoms with van der Waals surface area (Å²) in [7, 11) is 0. The Balaban J connectivity index is 2.51. The molecule has 1 fully saturated rings. The van der Waals surface area contributed by atoms with Gasteiger partial charge in [0.25, 0.3) is 0 Å². The lowest BCUT2D eigenvalue weighted by Gasteiger charge is -2.42. The summed E-state index contributed by atoms with van der Waals surface area (Å²) < 4.78 is 0. The molecule has 4 atom stereocenters. The third kappa shape index (κ3) is 3.46. The molecule has 1 heterocycles. The van der Waals surface area contributed by atoms with Crippen LogP contribution < -0.4 is 5.73 Å². The van der Waals surface area contributed by atoms with Gasteiger partial charge in [-0.1, -0.05) is 27.2 Å². The molecule has 1 aliphatic heterocycles. The van der Waals surface area contributed by atoms with Crippen LogP contribution in [0.1, 0.15) is 40.5 Å². The van der Waals surface area contributed by atoms with Crippen LogP contribution in [-0.4, -0.2) is 30.6 Å². The van der Waals surface area contributed by atoms with Crippen molar-refractivity contribution in [2.24, 2.45) is 23.5 Å². The van der Waals surface area contributed by atoms with Crippen LogP contribution in [-0.2, 0) is 0 Å². The fourth-order valence-electron chi connectivity index (χ4n) is 2.78. The highest BCUT2D eigenvalue weighted by Gasteiger charge is 2.29. The monoisotopic (exact) mass is 212 g/mol. The van der Waals surface area contributed by atoms with E-state index >= 15 is 0 Å². The molecule has 2 nitrogen and oxygen atoms in total. The quantitative estimate of drug-likeness (QED) is 0.775. The summed E-state index contributed by atoms with van der Waals surface area (Å²) in [4.78, 5) is 2.65. The van der Waals surface area contributed by atoms with Crippen molar-refractivity contribution in [2.75, 3.05) is 19.6 Å². The molecule has 0 aromatic heterocycles. The molecule has 2 heteroatoms. The summed E-state index contributed by atoms with van der Waals surface area (Å²) >= 11 is 0. The molecule has 0 aromatic rings. The van der Waals surface area contributed by atoms with Gasteiger partial charge in [-0.25, -0.2) is 0 Å². The largest absolute Gasteiger partial charge is 0.330 e.